The van der Waals surface area contributed by atoms with E-state index in [1.807, 2.05) is 17.0 Å². The van der Waals surface area contributed by atoms with E-state index in [-0.39, 0.29) is 42.2 Å². The van der Waals surface area contributed by atoms with Gasteiger partial charge in [0.25, 0.3) is 5.91 Å². The number of alkyl halides is 3. The van der Waals surface area contributed by atoms with Crippen molar-refractivity contribution in [3.63, 3.8) is 0 Å². The summed E-state index contributed by atoms with van der Waals surface area (Å²) in [6.45, 7) is 5.41. The van der Waals surface area contributed by atoms with Gasteiger partial charge in [-0.05, 0) is 67.4 Å². The van der Waals surface area contributed by atoms with E-state index in [4.69, 9.17) is 37.8 Å². The second kappa shape index (κ2) is 14.9. The van der Waals surface area contributed by atoms with Crippen LogP contribution >= 0.6 is 23.2 Å². The molecule has 3 aromatic rings. The third kappa shape index (κ3) is 8.01. The van der Waals surface area contributed by atoms with Gasteiger partial charge in [0.2, 0.25) is 0 Å². The molecule has 0 bridgehead atoms. The Balaban J connectivity index is 1.57. The SMILES string of the molecule is CCONC(=O)CN1CCN(C(=O)N2C(c3ccc(C(F)(F)F)cc3OCC)=NC(c3ccc(Cl)cc3)C2c2ccc(Cl)cc2)CC1. The van der Waals surface area contributed by atoms with Crippen LogP contribution in [-0.4, -0.2) is 78.4 Å². The highest BCUT2D eigenvalue weighted by molar-refractivity contribution is 6.30. The van der Waals surface area contributed by atoms with Gasteiger partial charge in [-0.1, -0.05) is 47.5 Å². The molecule has 2 aliphatic heterocycles. The standard InChI is InChI=1S/C33H34Cl2F3N5O4/c1-3-46-27-19-23(33(36,37)38)9-14-26(27)31-39-29(21-5-10-24(34)11-6-21)30(22-7-12-25(35)13-8-22)43(31)32(45)42-17-15-41(16-18-42)20-28(44)40-47-4-2/h5-14,19,29-30H,3-4,15-18,20H2,1-2H3,(H,40,44). The zero-order valence-corrected chi connectivity index (χ0v) is 27.3. The largest absolute Gasteiger partial charge is 0.493 e. The third-order valence-electron chi connectivity index (χ3n) is 7.89. The van der Waals surface area contributed by atoms with Crippen LogP contribution in [0, 0.1) is 0 Å². The van der Waals surface area contributed by atoms with Crippen LogP contribution in [0.15, 0.2) is 71.7 Å². The Morgan fingerprint density at radius 3 is 2.09 bits per heavy atom. The Labute approximate surface area is 280 Å². The molecule has 2 aliphatic rings. The second-order valence-electron chi connectivity index (χ2n) is 11.0. The van der Waals surface area contributed by atoms with Gasteiger partial charge in [0.15, 0.2) is 0 Å². The Hall–Kier alpha value is -3.84. The zero-order valence-electron chi connectivity index (χ0n) is 25.8. The third-order valence-corrected chi connectivity index (χ3v) is 8.39. The van der Waals surface area contributed by atoms with E-state index in [0.29, 0.717) is 42.8 Å². The van der Waals surface area contributed by atoms with Crippen LogP contribution < -0.4 is 10.2 Å². The van der Waals surface area contributed by atoms with Gasteiger partial charge >= 0.3 is 12.2 Å². The molecule has 1 saturated heterocycles. The summed E-state index contributed by atoms with van der Waals surface area (Å²) < 4.78 is 47.0. The van der Waals surface area contributed by atoms with Gasteiger partial charge in [0.05, 0.1) is 36.9 Å². The fourth-order valence-electron chi connectivity index (χ4n) is 5.65. The summed E-state index contributed by atoms with van der Waals surface area (Å²) in [5.74, 6) is -0.166. The van der Waals surface area contributed by atoms with Crippen molar-refractivity contribution in [2.45, 2.75) is 32.1 Å². The van der Waals surface area contributed by atoms with E-state index < -0.39 is 23.8 Å². The molecule has 2 unspecified atom stereocenters. The van der Waals surface area contributed by atoms with Gasteiger partial charge in [0.1, 0.15) is 17.6 Å². The number of rotatable bonds is 9. The summed E-state index contributed by atoms with van der Waals surface area (Å²) in [5.41, 5.74) is 3.21. The van der Waals surface area contributed by atoms with Crippen molar-refractivity contribution in [2.24, 2.45) is 4.99 Å². The van der Waals surface area contributed by atoms with E-state index in [1.54, 1.807) is 55.1 Å². The van der Waals surface area contributed by atoms with Crippen molar-refractivity contribution in [2.75, 3.05) is 45.9 Å². The molecule has 0 radical (unpaired) electrons. The Morgan fingerprint density at radius 2 is 1.51 bits per heavy atom. The van der Waals surface area contributed by atoms with Crippen molar-refractivity contribution < 1.29 is 32.3 Å². The minimum absolute atomic E-state index is 0.0457. The number of urea groups is 1. The molecule has 0 aliphatic carbocycles. The van der Waals surface area contributed by atoms with E-state index in [1.165, 1.54) is 11.0 Å². The molecular formula is C33H34Cl2F3N5O4. The number of amides is 3. The van der Waals surface area contributed by atoms with Crippen molar-refractivity contribution in [1.29, 1.82) is 0 Å². The molecule has 3 aromatic carbocycles. The molecule has 9 nitrogen and oxygen atoms in total. The number of nitrogens with one attached hydrogen (secondary N) is 1. The molecule has 0 aromatic heterocycles. The summed E-state index contributed by atoms with van der Waals surface area (Å²) in [6.07, 6.45) is -4.60. The van der Waals surface area contributed by atoms with Crippen molar-refractivity contribution in [3.05, 3.63) is 99.0 Å². The fraction of sp³-hybridized carbons (Fsp3) is 0.364. The van der Waals surface area contributed by atoms with Crippen LogP contribution in [0.5, 0.6) is 5.75 Å². The first-order valence-corrected chi connectivity index (χ1v) is 15.9. The maximum Gasteiger partial charge on any atom is 0.416 e. The van der Waals surface area contributed by atoms with Crippen LogP contribution in [0.3, 0.4) is 0 Å². The predicted molar refractivity (Wildman–Crippen MR) is 173 cm³/mol. The average Bonchev–Trinajstić information content (AvgIpc) is 3.44. The quantitative estimate of drug-likeness (QED) is 0.251. The van der Waals surface area contributed by atoms with Crippen molar-refractivity contribution >= 4 is 41.0 Å². The lowest BCUT2D eigenvalue weighted by Gasteiger charge is -2.39. The van der Waals surface area contributed by atoms with Crippen LogP contribution in [0.25, 0.3) is 0 Å². The number of piperazine rings is 1. The number of amidine groups is 1. The van der Waals surface area contributed by atoms with Gasteiger partial charge in [-0.3, -0.25) is 24.4 Å². The normalized spacial score (nSPS) is 18.7. The lowest BCUT2D eigenvalue weighted by atomic mass is 9.93. The number of benzene rings is 3. The van der Waals surface area contributed by atoms with Gasteiger partial charge < -0.3 is 9.64 Å². The molecule has 0 spiro atoms. The first kappa shape index (κ1) is 34.5. The molecular weight excluding hydrogens is 658 g/mol. The number of halogens is 5. The molecule has 0 saturated carbocycles. The molecule has 14 heteroatoms. The lowest BCUT2D eigenvalue weighted by Crippen LogP contribution is -2.55. The van der Waals surface area contributed by atoms with Crippen LogP contribution in [0.2, 0.25) is 10.0 Å². The van der Waals surface area contributed by atoms with E-state index in [0.717, 1.165) is 23.3 Å². The Kier molecular flexibility index (Phi) is 11.0. The maximum atomic E-state index is 14.6. The number of carbonyl (C=O) groups is 2. The summed E-state index contributed by atoms with van der Waals surface area (Å²) >= 11 is 12.4. The van der Waals surface area contributed by atoms with Crippen LogP contribution in [0.1, 0.15) is 48.2 Å². The molecule has 3 amide bonds. The van der Waals surface area contributed by atoms with Crippen LogP contribution in [-0.2, 0) is 15.8 Å². The number of ether oxygens (including phenoxy) is 1. The first-order valence-electron chi connectivity index (χ1n) is 15.1. The molecule has 47 heavy (non-hydrogen) atoms. The summed E-state index contributed by atoms with van der Waals surface area (Å²) in [4.78, 5) is 41.9. The fourth-order valence-corrected chi connectivity index (χ4v) is 5.90. The average molecular weight is 693 g/mol. The molecule has 5 rings (SSSR count). The number of hydrogen-bond donors (Lipinski definition) is 1. The molecule has 2 atom stereocenters. The molecule has 2 heterocycles. The predicted octanol–water partition coefficient (Wildman–Crippen LogP) is 6.76. The summed E-state index contributed by atoms with van der Waals surface area (Å²) in [6, 6.07) is 15.6. The highest BCUT2D eigenvalue weighted by Gasteiger charge is 2.45. The lowest BCUT2D eigenvalue weighted by molar-refractivity contribution is -0.137. The van der Waals surface area contributed by atoms with Crippen LogP contribution in [0.4, 0.5) is 18.0 Å². The first-order chi connectivity index (χ1) is 22.5. The van der Waals surface area contributed by atoms with E-state index in [2.05, 4.69) is 5.48 Å². The monoisotopic (exact) mass is 691 g/mol. The Morgan fingerprint density at radius 1 is 0.894 bits per heavy atom. The molecule has 1 fully saturated rings. The summed E-state index contributed by atoms with van der Waals surface area (Å²) in [7, 11) is 0. The minimum atomic E-state index is -4.60. The number of nitrogens with zero attached hydrogens (tertiary/aromatic N) is 4. The van der Waals surface area contributed by atoms with Gasteiger partial charge in [-0.2, -0.15) is 13.2 Å². The second-order valence-corrected chi connectivity index (χ2v) is 11.8. The number of aliphatic imine (C=N–C) groups is 1. The maximum absolute atomic E-state index is 14.6. The topological polar surface area (TPSA) is 86.7 Å². The highest BCUT2D eigenvalue weighted by Crippen LogP contribution is 2.46. The molecule has 1 N–H and O–H groups in total. The number of hydroxylamine groups is 1. The van der Waals surface area contributed by atoms with Crippen molar-refractivity contribution in [3.8, 4) is 5.75 Å². The zero-order chi connectivity index (χ0) is 33.7. The van der Waals surface area contributed by atoms with E-state index in [9.17, 15) is 22.8 Å². The summed E-state index contributed by atoms with van der Waals surface area (Å²) in [5, 5.41) is 1.01. The highest BCUT2D eigenvalue weighted by atomic mass is 35.5. The number of carbonyl (C=O) groups excluding carboxylic acids is 2. The number of hydrogen-bond acceptors (Lipinski definition) is 6. The van der Waals surface area contributed by atoms with Crippen molar-refractivity contribution in [1.82, 2.24) is 20.2 Å². The van der Waals surface area contributed by atoms with Gasteiger partial charge in [-0.25, -0.2) is 10.3 Å². The smallest absolute Gasteiger partial charge is 0.416 e. The minimum Gasteiger partial charge on any atom is -0.493 e. The molecule has 250 valence electrons. The van der Waals surface area contributed by atoms with E-state index >= 15 is 0 Å². The van der Waals surface area contributed by atoms with Gasteiger partial charge in [0, 0.05) is 36.2 Å². The Bertz CT molecular complexity index is 1600. The van der Waals surface area contributed by atoms with Gasteiger partial charge in [-0.15, -0.1) is 0 Å².